The third-order valence-electron chi connectivity index (χ3n) is 6.63. The van der Waals surface area contributed by atoms with Gasteiger partial charge in [0.25, 0.3) is 0 Å². The van der Waals surface area contributed by atoms with Crippen LogP contribution in [0.15, 0.2) is 83.4 Å². The van der Waals surface area contributed by atoms with E-state index in [2.05, 4.69) is 80.8 Å². The van der Waals surface area contributed by atoms with E-state index in [0.717, 1.165) is 44.5 Å². The Labute approximate surface area is 198 Å². The van der Waals surface area contributed by atoms with Crippen molar-refractivity contribution in [1.29, 1.82) is 0 Å². The highest BCUT2D eigenvalue weighted by atomic mass is 16.3. The molecule has 4 nitrogen and oxygen atoms in total. The molecule has 3 heterocycles. The summed E-state index contributed by atoms with van der Waals surface area (Å²) in [5.74, 6) is 1.56. The summed E-state index contributed by atoms with van der Waals surface area (Å²) in [5.41, 5.74) is 8.20. The number of nitrogens with zero attached hydrogens (tertiary/aromatic N) is 3. The monoisotopic (exact) mass is 445 g/mol. The van der Waals surface area contributed by atoms with Crippen LogP contribution in [0, 0.1) is 0 Å². The first-order chi connectivity index (χ1) is 16.5. The van der Waals surface area contributed by atoms with Crippen LogP contribution in [0.3, 0.4) is 0 Å². The van der Waals surface area contributed by atoms with Crippen LogP contribution in [0.5, 0.6) is 0 Å². The van der Waals surface area contributed by atoms with Crippen molar-refractivity contribution < 1.29 is 4.42 Å². The first-order valence-corrected chi connectivity index (χ1v) is 11.9. The zero-order valence-electron chi connectivity index (χ0n) is 19.9. The summed E-state index contributed by atoms with van der Waals surface area (Å²) >= 11 is 0. The Kier molecular flexibility index (Phi) is 4.77. The summed E-state index contributed by atoms with van der Waals surface area (Å²) in [5, 5.41) is 2.21. The van der Waals surface area contributed by atoms with Crippen LogP contribution in [0.25, 0.3) is 50.2 Å². The van der Waals surface area contributed by atoms with Crippen molar-refractivity contribution in [3.8, 4) is 17.1 Å². The number of furan rings is 1. The van der Waals surface area contributed by atoms with Gasteiger partial charge in [0.05, 0.1) is 11.3 Å². The van der Waals surface area contributed by atoms with E-state index >= 15 is 0 Å². The number of para-hydroxylation sites is 3. The molecule has 0 N–H and O–H groups in total. The predicted octanol–water partition coefficient (Wildman–Crippen LogP) is 8.23. The standard InChI is InChI=1S/C30H27N3O/c1-18(2)20-11-7-12-21(19(3)4)27(20)33-29(32-25-15-9-17-31-30(25)33)24-14-8-13-23-22-10-5-6-16-26(22)34-28(23)24/h5-19H,1-4H3. The lowest BCUT2D eigenvalue weighted by molar-refractivity contribution is 0.669. The molecule has 34 heavy (non-hydrogen) atoms. The molecule has 6 rings (SSSR count). The molecule has 4 heteroatoms. The van der Waals surface area contributed by atoms with Gasteiger partial charge < -0.3 is 4.42 Å². The fraction of sp³-hybridized carbons (Fsp3) is 0.200. The third kappa shape index (κ3) is 3.06. The second kappa shape index (κ2) is 7.84. The Bertz CT molecular complexity index is 1640. The summed E-state index contributed by atoms with van der Waals surface area (Å²) in [6.07, 6.45) is 1.85. The predicted molar refractivity (Wildman–Crippen MR) is 140 cm³/mol. The van der Waals surface area contributed by atoms with Crippen molar-refractivity contribution in [3.63, 3.8) is 0 Å². The molecule has 168 valence electrons. The third-order valence-corrected chi connectivity index (χ3v) is 6.63. The van der Waals surface area contributed by atoms with Gasteiger partial charge in [0.15, 0.2) is 11.5 Å². The van der Waals surface area contributed by atoms with Gasteiger partial charge in [0.2, 0.25) is 0 Å². The zero-order valence-corrected chi connectivity index (χ0v) is 19.9. The molecular formula is C30H27N3O. The van der Waals surface area contributed by atoms with Crippen LogP contribution >= 0.6 is 0 Å². The van der Waals surface area contributed by atoms with Gasteiger partial charge in [-0.25, -0.2) is 9.97 Å². The highest BCUT2D eigenvalue weighted by Crippen LogP contribution is 2.40. The minimum absolute atomic E-state index is 0.352. The quantitative estimate of drug-likeness (QED) is 0.274. The number of pyridine rings is 1. The molecule has 3 aromatic carbocycles. The van der Waals surface area contributed by atoms with Gasteiger partial charge in [-0.15, -0.1) is 0 Å². The molecule has 0 spiro atoms. The molecule has 3 aromatic heterocycles. The lowest BCUT2D eigenvalue weighted by Crippen LogP contribution is -2.09. The fourth-order valence-electron chi connectivity index (χ4n) is 5.00. The molecule has 0 aliphatic heterocycles. The topological polar surface area (TPSA) is 43.9 Å². The van der Waals surface area contributed by atoms with Gasteiger partial charge in [-0.2, -0.15) is 0 Å². The van der Waals surface area contributed by atoms with Gasteiger partial charge in [-0.3, -0.25) is 4.57 Å². The molecule has 0 fully saturated rings. The van der Waals surface area contributed by atoms with Crippen LogP contribution in [0.4, 0.5) is 0 Å². The minimum Gasteiger partial charge on any atom is -0.455 e. The van der Waals surface area contributed by atoms with Gasteiger partial charge in [0, 0.05) is 17.0 Å². The molecule has 0 atom stereocenters. The minimum atomic E-state index is 0.352. The van der Waals surface area contributed by atoms with Crippen molar-refractivity contribution in [2.24, 2.45) is 0 Å². The van der Waals surface area contributed by atoms with E-state index in [1.165, 1.54) is 16.8 Å². The number of benzene rings is 3. The maximum atomic E-state index is 6.41. The van der Waals surface area contributed by atoms with E-state index in [-0.39, 0.29) is 0 Å². The van der Waals surface area contributed by atoms with Crippen LogP contribution in [0.2, 0.25) is 0 Å². The van der Waals surface area contributed by atoms with Crippen LogP contribution in [0.1, 0.15) is 50.7 Å². The van der Waals surface area contributed by atoms with Gasteiger partial charge >= 0.3 is 0 Å². The Morgan fingerprint density at radius 2 is 1.44 bits per heavy atom. The summed E-state index contributed by atoms with van der Waals surface area (Å²) in [4.78, 5) is 9.92. The lowest BCUT2D eigenvalue weighted by atomic mass is 9.92. The second-order valence-electron chi connectivity index (χ2n) is 9.49. The summed E-state index contributed by atoms with van der Waals surface area (Å²) in [6.45, 7) is 8.98. The van der Waals surface area contributed by atoms with Crippen molar-refractivity contribution in [1.82, 2.24) is 14.5 Å². The molecule has 0 saturated heterocycles. The molecule has 0 bridgehead atoms. The Balaban J connectivity index is 1.77. The van der Waals surface area contributed by atoms with Gasteiger partial charge in [-0.05, 0) is 47.2 Å². The van der Waals surface area contributed by atoms with Crippen molar-refractivity contribution in [2.75, 3.05) is 0 Å². The maximum Gasteiger partial charge on any atom is 0.164 e. The number of fused-ring (bicyclic) bond motifs is 4. The van der Waals surface area contributed by atoms with E-state index in [0.29, 0.717) is 11.8 Å². The Hall–Kier alpha value is -3.92. The molecule has 0 radical (unpaired) electrons. The first-order valence-electron chi connectivity index (χ1n) is 11.9. The molecule has 0 amide bonds. The molecule has 0 aliphatic rings. The Morgan fingerprint density at radius 3 is 2.21 bits per heavy atom. The highest BCUT2D eigenvalue weighted by Gasteiger charge is 2.24. The van der Waals surface area contributed by atoms with E-state index < -0.39 is 0 Å². The largest absolute Gasteiger partial charge is 0.455 e. The van der Waals surface area contributed by atoms with Crippen LogP contribution in [-0.4, -0.2) is 14.5 Å². The molecule has 0 unspecified atom stereocenters. The normalized spacial score (nSPS) is 12.1. The number of hydrogen-bond donors (Lipinski definition) is 0. The molecule has 0 aliphatic carbocycles. The van der Waals surface area contributed by atoms with Crippen LogP contribution < -0.4 is 0 Å². The highest BCUT2D eigenvalue weighted by molar-refractivity contribution is 6.09. The van der Waals surface area contributed by atoms with E-state index in [1.54, 1.807) is 0 Å². The van der Waals surface area contributed by atoms with Gasteiger partial charge in [-0.1, -0.05) is 76.2 Å². The SMILES string of the molecule is CC(C)c1cccc(C(C)C)c1-n1c(-c2cccc3c2oc2ccccc23)nc2cccnc21. The summed E-state index contributed by atoms with van der Waals surface area (Å²) in [6, 6.07) is 25.1. The fourth-order valence-corrected chi connectivity index (χ4v) is 5.00. The number of rotatable bonds is 4. The van der Waals surface area contributed by atoms with Gasteiger partial charge in [0.1, 0.15) is 16.7 Å². The first kappa shape index (κ1) is 20.7. The van der Waals surface area contributed by atoms with E-state index in [1.807, 2.05) is 30.5 Å². The average Bonchev–Trinajstić information content (AvgIpc) is 3.42. The van der Waals surface area contributed by atoms with E-state index in [9.17, 15) is 0 Å². The zero-order chi connectivity index (χ0) is 23.4. The number of aromatic nitrogens is 3. The molecule has 0 saturated carbocycles. The van der Waals surface area contributed by atoms with Crippen molar-refractivity contribution >= 4 is 33.1 Å². The van der Waals surface area contributed by atoms with Crippen molar-refractivity contribution in [3.05, 3.63) is 90.1 Å². The molecular weight excluding hydrogens is 418 g/mol. The lowest BCUT2D eigenvalue weighted by Gasteiger charge is -2.22. The second-order valence-corrected chi connectivity index (χ2v) is 9.49. The summed E-state index contributed by atoms with van der Waals surface area (Å²) < 4.78 is 8.66. The smallest absolute Gasteiger partial charge is 0.164 e. The number of imidazole rings is 1. The maximum absolute atomic E-state index is 6.41. The summed E-state index contributed by atoms with van der Waals surface area (Å²) in [7, 11) is 0. The number of hydrogen-bond acceptors (Lipinski definition) is 3. The molecule has 6 aromatic rings. The Morgan fingerprint density at radius 1 is 0.735 bits per heavy atom. The average molecular weight is 446 g/mol. The van der Waals surface area contributed by atoms with E-state index in [4.69, 9.17) is 14.4 Å². The van der Waals surface area contributed by atoms with Crippen LogP contribution in [-0.2, 0) is 0 Å². The van der Waals surface area contributed by atoms with Crippen molar-refractivity contribution in [2.45, 2.75) is 39.5 Å².